The minimum Gasteiger partial charge on any atom is -0.322 e. The van der Waals surface area contributed by atoms with Crippen LogP contribution in [-0.4, -0.2) is 15.5 Å². The van der Waals surface area contributed by atoms with E-state index >= 15 is 0 Å². The summed E-state index contributed by atoms with van der Waals surface area (Å²) < 4.78 is 1.92. The lowest BCUT2D eigenvalue weighted by Gasteiger charge is -2.19. The molecule has 2 aromatic carbocycles. The molecule has 0 aliphatic rings. The quantitative estimate of drug-likeness (QED) is 0.776. The molecule has 0 spiro atoms. The molecule has 0 atom stereocenters. The van der Waals surface area contributed by atoms with E-state index in [-0.39, 0.29) is 11.3 Å². The average Bonchev–Trinajstić information content (AvgIpc) is 3.09. The van der Waals surface area contributed by atoms with Gasteiger partial charge in [0.15, 0.2) is 0 Å². The van der Waals surface area contributed by atoms with Crippen LogP contribution < -0.4 is 5.32 Å². The van der Waals surface area contributed by atoms with E-state index in [1.807, 2.05) is 53.2 Å². The Kier molecular flexibility index (Phi) is 4.21. The van der Waals surface area contributed by atoms with Crippen LogP contribution in [-0.2, 0) is 5.41 Å². The van der Waals surface area contributed by atoms with E-state index in [0.29, 0.717) is 5.56 Å². The first-order valence-electron chi connectivity index (χ1n) is 7.94. The highest BCUT2D eigenvalue weighted by Crippen LogP contribution is 2.23. The van der Waals surface area contributed by atoms with Crippen LogP contribution in [0.4, 0.5) is 5.69 Å². The Morgan fingerprint density at radius 2 is 1.83 bits per heavy atom. The molecule has 0 radical (unpaired) electrons. The highest BCUT2D eigenvalue weighted by Gasteiger charge is 2.15. The van der Waals surface area contributed by atoms with Gasteiger partial charge in [-0.1, -0.05) is 32.9 Å². The second-order valence-electron chi connectivity index (χ2n) is 6.80. The van der Waals surface area contributed by atoms with Crippen molar-refractivity contribution in [2.45, 2.75) is 26.2 Å². The van der Waals surface area contributed by atoms with Crippen molar-refractivity contribution in [3.05, 3.63) is 78.4 Å². The van der Waals surface area contributed by atoms with Gasteiger partial charge in [0, 0.05) is 29.3 Å². The molecule has 4 heteroatoms. The molecule has 24 heavy (non-hydrogen) atoms. The summed E-state index contributed by atoms with van der Waals surface area (Å²) >= 11 is 0. The fourth-order valence-corrected chi connectivity index (χ4v) is 2.46. The molecule has 0 bridgehead atoms. The highest BCUT2D eigenvalue weighted by molar-refractivity contribution is 6.04. The number of hydrogen-bond acceptors (Lipinski definition) is 2. The van der Waals surface area contributed by atoms with Crippen LogP contribution in [0, 0.1) is 0 Å². The molecule has 1 N–H and O–H groups in total. The minimum absolute atomic E-state index is 0.0166. The Labute approximate surface area is 142 Å². The minimum atomic E-state index is -0.100. The standard InChI is InChI=1S/C20H21N3O/c1-20(2,3)16-6-4-5-15(13-16)19(24)22-17-7-9-18(10-8-17)23-12-11-21-14-23/h4-14H,1-3H3,(H,22,24). The van der Waals surface area contributed by atoms with Gasteiger partial charge >= 0.3 is 0 Å². The molecule has 1 aromatic heterocycles. The predicted octanol–water partition coefficient (Wildman–Crippen LogP) is 4.42. The summed E-state index contributed by atoms with van der Waals surface area (Å²) in [5.41, 5.74) is 3.60. The Morgan fingerprint density at radius 3 is 2.46 bits per heavy atom. The number of nitrogens with zero attached hydrogens (tertiary/aromatic N) is 2. The first-order valence-corrected chi connectivity index (χ1v) is 7.94. The van der Waals surface area contributed by atoms with Crippen molar-refractivity contribution in [1.29, 1.82) is 0 Å². The van der Waals surface area contributed by atoms with E-state index in [4.69, 9.17) is 0 Å². The molecule has 122 valence electrons. The molecule has 0 fully saturated rings. The zero-order valence-electron chi connectivity index (χ0n) is 14.2. The summed E-state index contributed by atoms with van der Waals surface area (Å²) in [6, 6.07) is 15.4. The third-order valence-electron chi connectivity index (χ3n) is 3.92. The van der Waals surface area contributed by atoms with Gasteiger partial charge in [-0.15, -0.1) is 0 Å². The van der Waals surface area contributed by atoms with Gasteiger partial charge in [0.1, 0.15) is 0 Å². The number of hydrogen-bond donors (Lipinski definition) is 1. The zero-order valence-corrected chi connectivity index (χ0v) is 14.2. The Bertz CT molecular complexity index is 828. The highest BCUT2D eigenvalue weighted by atomic mass is 16.1. The molecule has 0 saturated carbocycles. The number of rotatable bonds is 3. The summed E-state index contributed by atoms with van der Waals surface area (Å²) in [5.74, 6) is -0.100. The molecular formula is C20H21N3O. The molecule has 0 aliphatic heterocycles. The Hall–Kier alpha value is -2.88. The van der Waals surface area contributed by atoms with Crippen molar-refractivity contribution in [3.8, 4) is 5.69 Å². The number of nitrogens with one attached hydrogen (secondary N) is 1. The predicted molar refractivity (Wildman–Crippen MR) is 96.7 cm³/mol. The third kappa shape index (κ3) is 3.54. The van der Waals surface area contributed by atoms with E-state index in [0.717, 1.165) is 16.9 Å². The molecular weight excluding hydrogens is 298 g/mol. The van der Waals surface area contributed by atoms with Crippen LogP contribution in [0.3, 0.4) is 0 Å². The maximum atomic E-state index is 12.5. The van der Waals surface area contributed by atoms with E-state index < -0.39 is 0 Å². The molecule has 4 nitrogen and oxygen atoms in total. The van der Waals surface area contributed by atoms with Crippen molar-refractivity contribution in [2.24, 2.45) is 0 Å². The van der Waals surface area contributed by atoms with Gasteiger partial charge in [-0.25, -0.2) is 4.98 Å². The largest absolute Gasteiger partial charge is 0.322 e. The number of anilines is 1. The van der Waals surface area contributed by atoms with Crippen LogP contribution in [0.15, 0.2) is 67.3 Å². The SMILES string of the molecule is CC(C)(C)c1cccc(C(=O)Nc2ccc(-n3ccnc3)cc2)c1. The molecule has 0 saturated heterocycles. The second kappa shape index (κ2) is 6.32. The summed E-state index contributed by atoms with van der Waals surface area (Å²) in [4.78, 5) is 16.5. The molecule has 3 aromatic rings. The first kappa shape index (κ1) is 16.0. The van der Waals surface area contributed by atoms with Gasteiger partial charge in [-0.3, -0.25) is 4.79 Å². The van der Waals surface area contributed by atoms with Gasteiger partial charge in [-0.05, 0) is 47.4 Å². The lowest BCUT2D eigenvalue weighted by atomic mass is 9.86. The van der Waals surface area contributed by atoms with Crippen molar-refractivity contribution < 1.29 is 4.79 Å². The van der Waals surface area contributed by atoms with Crippen LogP contribution >= 0.6 is 0 Å². The zero-order chi connectivity index (χ0) is 17.2. The van der Waals surface area contributed by atoms with E-state index in [2.05, 4.69) is 37.1 Å². The van der Waals surface area contributed by atoms with Gasteiger partial charge in [0.2, 0.25) is 0 Å². The van der Waals surface area contributed by atoms with Crippen LogP contribution in [0.2, 0.25) is 0 Å². The van der Waals surface area contributed by atoms with Gasteiger partial charge in [-0.2, -0.15) is 0 Å². The van der Waals surface area contributed by atoms with Crippen molar-refractivity contribution in [1.82, 2.24) is 9.55 Å². The van der Waals surface area contributed by atoms with Crippen molar-refractivity contribution in [2.75, 3.05) is 5.32 Å². The van der Waals surface area contributed by atoms with Crippen molar-refractivity contribution in [3.63, 3.8) is 0 Å². The summed E-state index contributed by atoms with van der Waals surface area (Å²) in [7, 11) is 0. The Balaban J connectivity index is 1.75. The summed E-state index contributed by atoms with van der Waals surface area (Å²) in [6.07, 6.45) is 5.36. The first-order chi connectivity index (χ1) is 11.4. The summed E-state index contributed by atoms with van der Waals surface area (Å²) in [5, 5.41) is 2.95. The van der Waals surface area contributed by atoms with E-state index in [1.54, 1.807) is 12.5 Å². The molecule has 3 rings (SSSR count). The van der Waals surface area contributed by atoms with Crippen LogP contribution in [0.5, 0.6) is 0 Å². The lowest BCUT2D eigenvalue weighted by molar-refractivity contribution is 0.102. The Morgan fingerprint density at radius 1 is 1.08 bits per heavy atom. The van der Waals surface area contributed by atoms with Gasteiger partial charge in [0.25, 0.3) is 5.91 Å². The average molecular weight is 319 g/mol. The summed E-state index contributed by atoms with van der Waals surface area (Å²) in [6.45, 7) is 6.41. The number of imidazole rings is 1. The lowest BCUT2D eigenvalue weighted by Crippen LogP contribution is -2.15. The van der Waals surface area contributed by atoms with Crippen molar-refractivity contribution >= 4 is 11.6 Å². The normalized spacial score (nSPS) is 11.3. The number of carbonyl (C=O) groups is 1. The number of aromatic nitrogens is 2. The molecule has 0 unspecified atom stereocenters. The van der Waals surface area contributed by atoms with E-state index in [9.17, 15) is 4.79 Å². The van der Waals surface area contributed by atoms with Crippen LogP contribution in [0.1, 0.15) is 36.7 Å². The number of carbonyl (C=O) groups excluding carboxylic acids is 1. The smallest absolute Gasteiger partial charge is 0.255 e. The second-order valence-corrected chi connectivity index (χ2v) is 6.80. The maximum absolute atomic E-state index is 12.5. The molecule has 1 amide bonds. The number of benzene rings is 2. The monoisotopic (exact) mass is 319 g/mol. The molecule has 0 aliphatic carbocycles. The van der Waals surface area contributed by atoms with Crippen LogP contribution in [0.25, 0.3) is 5.69 Å². The molecule has 1 heterocycles. The fraction of sp³-hybridized carbons (Fsp3) is 0.200. The topological polar surface area (TPSA) is 46.9 Å². The number of amides is 1. The fourth-order valence-electron chi connectivity index (χ4n) is 2.46. The third-order valence-corrected chi connectivity index (χ3v) is 3.92. The van der Waals surface area contributed by atoms with Gasteiger partial charge in [0.05, 0.1) is 6.33 Å². The van der Waals surface area contributed by atoms with Gasteiger partial charge < -0.3 is 9.88 Å². The maximum Gasteiger partial charge on any atom is 0.255 e. The van der Waals surface area contributed by atoms with E-state index in [1.165, 1.54) is 0 Å².